The van der Waals surface area contributed by atoms with Crippen molar-refractivity contribution in [1.29, 1.82) is 0 Å². The first-order chi connectivity index (χ1) is 19.7. The summed E-state index contributed by atoms with van der Waals surface area (Å²) in [5.41, 5.74) is 4.20. The second-order valence-electron chi connectivity index (χ2n) is 11.1. The molecule has 4 aromatic rings. The van der Waals surface area contributed by atoms with Crippen LogP contribution in [0.3, 0.4) is 0 Å². The number of carbonyl (C=O) groups is 1. The van der Waals surface area contributed by atoms with Crippen LogP contribution in [-0.4, -0.2) is 54.2 Å². The highest BCUT2D eigenvalue weighted by Crippen LogP contribution is 2.46. The standard InChI is InChI=1S/C29H31F3N8O/c1-39(28(41)20-9-7-19(8-10-20)27-36-38-40(2)37-27)26(29(30,31)32)18-11-13-21(14-12-18)35-23-16-34-22-4-3-15-33-25(22)24(23)17-5-6-17/h3-4,11-17,19-20,26,35H,5-10H2,1-2H3/t19?,20?,26-/m0/s1. The quantitative estimate of drug-likeness (QED) is 0.302. The molecule has 2 saturated carbocycles. The Kier molecular flexibility index (Phi) is 7.08. The summed E-state index contributed by atoms with van der Waals surface area (Å²) < 4.78 is 43.1. The first-order valence-corrected chi connectivity index (χ1v) is 13.9. The molecule has 214 valence electrons. The first kappa shape index (κ1) is 27.1. The monoisotopic (exact) mass is 564 g/mol. The Hall–Kier alpha value is -4.09. The van der Waals surface area contributed by atoms with Gasteiger partial charge in [0.1, 0.15) is 0 Å². The minimum atomic E-state index is -4.63. The summed E-state index contributed by atoms with van der Waals surface area (Å²) >= 11 is 0. The van der Waals surface area contributed by atoms with Crippen molar-refractivity contribution in [2.24, 2.45) is 13.0 Å². The number of aryl methyl sites for hydroxylation is 1. The van der Waals surface area contributed by atoms with Crippen LogP contribution in [0.2, 0.25) is 0 Å². The number of aromatic nitrogens is 6. The zero-order chi connectivity index (χ0) is 28.7. The number of fused-ring (bicyclic) bond motifs is 1. The topological polar surface area (TPSA) is 102 Å². The fraction of sp³-hybridized carbons (Fsp3) is 0.448. The van der Waals surface area contributed by atoms with Gasteiger partial charge in [-0.1, -0.05) is 12.1 Å². The maximum atomic E-state index is 14.4. The second kappa shape index (κ2) is 10.7. The van der Waals surface area contributed by atoms with E-state index in [1.807, 2.05) is 12.1 Å². The number of hydrogen-bond acceptors (Lipinski definition) is 7. The van der Waals surface area contributed by atoms with Crippen LogP contribution in [-0.2, 0) is 11.8 Å². The Balaban J connectivity index is 1.17. The Bertz CT molecular complexity index is 1540. The molecular weight excluding hydrogens is 533 g/mol. The van der Waals surface area contributed by atoms with E-state index in [0.717, 1.165) is 40.0 Å². The summed E-state index contributed by atoms with van der Waals surface area (Å²) in [6.45, 7) is 0. The van der Waals surface area contributed by atoms with Crippen molar-refractivity contribution in [3.8, 4) is 0 Å². The molecular formula is C29H31F3N8O. The summed E-state index contributed by atoms with van der Waals surface area (Å²) in [4.78, 5) is 24.6. The molecule has 12 heteroatoms. The Morgan fingerprint density at radius 3 is 2.37 bits per heavy atom. The third kappa shape index (κ3) is 5.59. The summed E-state index contributed by atoms with van der Waals surface area (Å²) in [5.74, 6) is 0.0926. The SMILES string of the molecule is CN(C(=O)C1CCC(c2nnn(C)n2)CC1)[C@@H](c1ccc(Nc2cnc3cccnc3c2C2CC2)cc1)C(F)(F)F. The van der Waals surface area contributed by atoms with Gasteiger partial charge in [-0.15, -0.1) is 10.2 Å². The van der Waals surface area contributed by atoms with Crippen molar-refractivity contribution in [3.63, 3.8) is 0 Å². The molecule has 0 bridgehead atoms. The number of amides is 1. The number of tetrazole rings is 1. The van der Waals surface area contributed by atoms with Gasteiger partial charge in [0, 0.05) is 36.3 Å². The Morgan fingerprint density at radius 1 is 1.02 bits per heavy atom. The van der Waals surface area contributed by atoms with Crippen LogP contribution in [0.4, 0.5) is 24.5 Å². The van der Waals surface area contributed by atoms with Gasteiger partial charge >= 0.3 is 6.18 Å². The van der Waals surface area contributed by atoms with Gasteiger partial charge < -0.3 is 10.2 Å². The molecule has 1 amide bonds. The molecule has 1 aromatic carbocycles. The molecule has 0 radical (unpaired) electrons. The average molecular weight is 565 g/mol. The number of halogens is 3. The van der Waals surface area contributed by atoms with E-state index >= 15 is 0 Å². The third-order valence-corrected chi connectivity index (χ3v) is 8.17. The number of carbonyl (C=O) groups excluding carboxylic acids is 1. The number of nitrogens with zero attached hydrogens (tertiary/aromatic N) is 7. The molecule has 3 aromatic heterocycles. The Labute approximate surface area is 235 Å². The molecule has 2 fully saturated rings. The molecule has 0 saturated heterocycles. The lowest BCUT2D eigenvalue weighted by Gasteiger charge is -2.35. The van der Waals surface area contributed by atoms with Crippen molar-refractivity contribution in [2.75, 3.05) is 12.4 Å². The van der Waals surface area contributed by atoms with E-state index in [1.165, 1.54) is 24.0 Å². The zero-order valence-electron chi connectivity index (χ0n) is 22.8. The van der Waals surface area contributed by atoms with Gasteiger partial charge in [-0.2, -0.15) is 18.0 Å². The van der Waals surface area contributed by atoms with Crippen molar-refractivity contribution < 1.29 is 18.0 Å². The van der Waals surface area contributed by atoms with E-state index in [2.05, 4.69) is 30.7 Å². The molecule has 0 aliphatic heterocycles. The van der Waals surface area contributed by atoms with Crippen molar-refractivity contribution in [3.05, 3.63) is 65.7 Å². The van der Waals surface area contributed by atoms with Crippen molar-refractivity contribution in [2.45, 2.75) is 62.6 Å². The minimum absolute atomic E-state index is 0.0112. The predicted octanol–water partition coefficient (Wildman–Crippen LogP) is 5.81. The summed E-state index contributed by atoms with van der Waals surface area (Å²) in [6.07, 6.45) is 3.23. The predicted molar refractivity (Wildman–Crippen MR) is 146 cm³/mol. The molecule has 0 spiro atoms. The molecule has 6 rings (SSSR count). The number of pyridine rings is 2. The van der Waals surface area contributed by atoms with Crippen LogP contribution < -0.4 is 5.32 Å². The third-order valence-electron chi connectivity index (χ3n) is 8.17. The lowest BCUT2D eigenvalue weighted by atomic mass is 9.81. The molecule has 1 atom stereocenters. The fourth-order valence-electron chi connectivity index (χ4n) is 5.94. The maximum Gasteiger partial charge on any atom is 0.413 e. The minimum Gasteiger partial charge on any atom is -0.354 e. The highest BCUT2D eigenvalue weighted by molar-refractivity contribution is 5.85. The smallest absolute Gasteiger partial charge is 0.354 e. The zero-order valence-corrected chi connectivity index (χ0v) is 22.8. The van der Waals surface area contributed by atoms with Gasteiger partial charge in [0.2, 0.25) is 5.91 Å². The van der Waals surface area contributed by atoms with Crippen LogP contribution in [0, 0.1) is 5.92 Å². The highest BCUT2D eigenvalue weighted by atomic mass is 19.4. The maximum absolute atomic E-state index is 14.4. The van der Waals surface area contributed by atoms with Crippen LogP contribution in [0.5, 0.6) is 0 Å². The van der Waals surface area contributed by atoms with Gasteiger partial charge in [-0.05, 0) is 79.5 Å². The second-order valence-corrected chi connectivity index (χ2v) is 11.1. The number of benzene rings is 1. The number of hydrogen-bond donors (Lipinski definition) is 1. The van der Waals surface area contributed by atoms with E-state index in [1.54, 1.807) is 31.6 Å². The van der Waals surface area contributed by atoms with Gasteiger partial charge in [-0.3, -0.25) is 14.8 Å². The molecule has 1 N–H and O–H groups in total. The van der Waals surface area contributed by atoms with E-state index in [-0.39, 0.29) is 11.5 Å². The molecule has 3 heterocycles. The first-order valence-electron chi connectivity index (χ1n) is 13.9. The normalized spacial score (nSPS) is 20.1. The van der Waals surface area contributed by atoms with Gasteiger partial charge in [0.25, 0.3) is 0 Å². The van der Waals surface area contributed by atoms with Crippen LogP contribution in [0.1, 0.15) is 73.4 Å². The average Bonchev–Trinajstić information content (AvgIpc) is 3.71. The summed E-state index contributed by atoms with van der Waals surface area (Å²) in [5, 5.41) is 15.5. The lowest BCUT2D eigenvalue weighted by molar-refractivity contribution is -0.191. The van der Waals surface area contributed by atoms with Gasteiger partial charge in [0.15, 0.2) is 11.9 Å². The number of alkyl halides is 3. The van der Waals surface area contributed by atoms with E-state index in [4.69, 9.17) is 0 Å². The molecule has 2 aliphatic carbocycles. The van der Waals surface area contributed by atoms with Crippen LogP contribution >= 0.6 is 0 Å². The van der Waals surface area contributed by atoms with Crippen molar-refractivity contribution in [1.82, 2.24) is 35.1 Å². The summed E-state index contributed by atoms with van der Waals surface area (Å²) in [7, 11) is 2.93. The van der Waals surface area contributed by atoms with Gasteiger partial charge in [-0.25, -0.2) is 0 Å². The van der Waals surface area contributed by atoms with E-state index in [0.29, 0.717) is 43.1 Å². The van der Waals surface area contributed by atoms with E-state index < -0.39 is 24.0 Å². The van der Waals surface area contributed by atoms with Crippen molar-refractivity contribution >= 4 is 28.3 Å². The van der Waals surface area contributed by atoms with E-state index in [9.17, 15) is 18.0 Å². The number of nitrogens with one attached hydrogen (secondary N) is 1. The molecule has 9 nitrogen and oxygen atoms in total. The van der Waals surface area contributed by atoms with Crippen LogP contribution in [0.25, 0.3) is 11.0 Å². The fourth-order valence-corrected chi connectivity index (χ4v) is 5.94. The van der Waals surface area contributed by atoms with Crippen LogP contribution in [0.15, 0.2) is 48.8 Å². The molecule has 41 heavy (non-hydrogen) atoms. The number of anilines is 2. The Morgan fingerprint density at radius 2 is 1.73 bits per heavy atom. The molecule has 2 aliphatic rings. The molecule has 0 unspecified atom stereocenters. The number of rotatable bonds is 7. The highest BCUT2D eigenvalue weighted by Gasteiger charge is 2.46. The summed E-state index contributed by atoms with van der Waals surface area (Å²) in [6, 6.07) is 7.82. The largest absolute Gasteiger partial charge is 0.413 e. The van der Waals surface area contributed by atoms with Gasteiger partial charge in [0.05, 0.1) is 30.0 Å². The lowest BCUT2D eigenvalue weighted by Crippen LogP contribution is -2.43.